The van der Waals surface area contributed by atoms with E-state index in [9.17, 15) is 0 Å². The molecule has 2 aliphatic rings. The van der Waals surface area contributed by atoms with Crippen molar-refractivity contribution in [2.24, 2.45) is 0 Å². The molecule has 0 fully saturated rings. The number of fused-ring (bicyclic) bond motifs is 12. The Hall–Kier alpha value is -5.28. The van der Waals surface area contributed by atoms with Gasteiger partial charge in [-0.2, -0.15) is 0 Å². The Kier molecular flexibility index (Phi) is 4.26. The van der Waals surface area contributed by atoms with Crippen molar-refractivity contribution < 1.29 is 0 Å². The summed E-state index contributed by atoms with van der Waals surface area (Å²) in [5.74, 6) is 1.06. The van der Waals surface area contributed by atoms with Crippen LogP contribution in [0.5, 0.6) is 0 Å². The summed E-state index contributed by atoms with van der Waals surface area (Å²) >= 11 is 0. The Bertz CT molecular complexity index is 2100. The van der Waals surface area contributed by atoms with E-state index in [1.807, 2.05) is 12.3 Å². The van der Waals surface area contributed by atoms with Crippen LogP contribution >= 0.6 is 0 Å². The first kappa shape index (κ1) is 21.6. The fourth-order valence-electron chi connectivity index (χ4n) is 6.96. The molecule has 9 rings (SSSR count). The summed E-state index contributed by atoms with van der Waals surface area (Å²) < 4.78 is 2.37. The predicted octanol–water partition coefficient (Wildman–Crippen LogP) is 8.43. The fraction of sp³-hybridized carbons (Fsp3) is 0.0270. The van der Waals surface area contributed by atoms with Crippen molar-refractivity contribution in [2.45, 2.75) is 5.41 Å². The number of hydrogen-bond donors (Lipinski definition) is 0. The summed E-state index contributed by atoms with van der Waals surface area (Å²) in [5, 5.41) is 0. The largest absolute Gasteiger partial charge is 0.295 e. The van der Waals surface area contributed by atoms with E-state index in [1.165, 1.54) is 39.1 Å². The molecule has 1 unspecified atom stereocenters. The lowest BCUT2D eigenvalue weighted by molar-refractivity contribution is 0.738. The molecule has 0 amide bonds. The van der Waals surface area contributed by atoms with Gasteiger partial charge in [-0.25, -0.2) is 4.98 Å². The predicted molar refractivity (Wildman–Crippen MR) is 161 cm³/mol. The van der Waals surface area contributed by atoms with E-state index in [0.29, 0.717) is 0 Å². The zero-order chi connectivity index (χ0) is 26.3. The molecule has 186 valence electrons. The first-order valence-electron chi connectivity index (χ1n) is 13.7. The minimum Gasteiger partial charge on any atom is -0.295 e. The molecule has 0 bridgehead atoms. The van der Waals surface area contributed by atoms with Crippen LogP contribution < -0.4 is 0 Å². The first-order chi connectivity index (χ1) is 19.8. The smallest absolute Gasteiger partial charge is 0.134 e. The molecule has 3 nitrogen and oxygen atoms in total. The Morgan fingerprint density at radius 1 is 0.525 bits per heavy atom. The number of benzene rings is 5. The molecule has 7 aromatic rings. The summed E-state index contributed by atoms with van der Waals surface area (Å²) in [6.45, 7) is 0. The molecular weight excluding hydrogens is 486 g/mol. The van der Waals surface area contributed by atoms with Crippen molar-refractivity contribution in [1.29, 1.82) is 0 Å². The maximum Gasteiger partial charge on any atom is 0.134 e. The van der Waals surface area contributed by atoms with E-state index >= 15 is 0 Å². The van der Waals surface area contributed by atoms with Crippen LogP contribution in [0.15, 0.2) is 140 Å². The van der Waals surface area contributed by atoms with E-state index in [2.05, 4.69) is 132 Å². The molecule has 3 heterocycles. The molecule has 40 heavy (non-hydrogen) atoms. The second kappa shape index (κ2) is 7.87. The summed E-state index contributed by atoms with van der Waals surface area (Å²) in [4.78, 5) is 10.3. The van der Waals surface area contributed by atoms with Gasteiger partial charge in [0.2, 0.25) is 0 Å². The quantitative estimate of drug-likeness (QED) is 0.234. The normalized spacial score (nSPS) is 16.1. The highest BCUT2D eigenvalue weighted by Crippen LogP contribution is 2.60. The molecule has 1 aliphatic heterocycles. The lowest BCUT2D eigenvalue weighted by Gasteiger charge is -2.27. The van der Waals surface area contributed by atoms with Crippen LogP contribution in [0.2, 0.25) is 0 Å². The van der Waals surface area contributed by atoms with E-state index in [-0.39, 0.29) is 0 Å². The SMILES string of the molecule is c1ccc(-c2ccc(-c3ccc4c(c3)C3(c5ccccc5-4)c4ccccc4-n4c3nc3ccccc34)nc2)cc1. The third-order valence-corrected chi connectivity index (χ3v) is 8.66. The number of para-hydroxylation sites is 3. The number of nitrogens with zero attached hydrogens (tertiary/aromatic N) is 3. The van der Waals surface area contributed by atoms with E-state index in [4.69, 9.17) is 9.97 Å². The van der Waals surface area contributed by atoms with E-state index in [0.717, 1.165) is 33.7 Å². The maximum absolute atomic E-state index is 5.34. The Morgan fingerprint density at radius 3 is 2.12 bits per heavy atom. The number of imidazole rings is 1. The topological polar surface area (TPSA) is 30.7 Å². The van der Waals surface area contributed by atoms with Gasteiger partial charge in [0.25, 0.3) is 0 Å². The molecule has 1 atom stereocenters. The summed E-state index contributed by atoms with van der Waals surface area (Å²) in [6, 6.07) is 47.7. The highest BCUT2D eigenvalue weighted by molar-refractivity contribution is 5.92. The summed E-state index contributed by atoms with van der Waals surface area (Å²) in [6.07, 6.45) is 1.98. The van der Waals surface area contributed by atoms with Gasteiger partial charge < -0.3 is 0 Å². The number of aromatic nitrogens is 3. The zero-order valence-corrected chi connectivity index (χ0v) is 21.6. The summed E-state index contributed by atoms with van der Waals surface area (Å²) in [5.41, 5.74) is 13.6. The molecule has 5 aromatic carbocycles. The van der Waals surface area contributed by atoms with Crippen LogP contribution in [0.1, 0.15) is 22.5 Å². The van der Waals surface area contributed by atoms with Crippen molar-refractivity contribution in [3.63, 3.8) is 0 Å². The molecule has 0 N–H and O–H groups in total. The van der Waals surface area contributed by atoms with Crippen LogP contribution in [0.4, 0.5) is 0 Å². The van der Waals surface area contributed by atoms with Gasteiger partial charge in [-0.1, -0.05) is 103 Å². The number of pyridine rings is 1. The lowest BCUT2D eigenvalue weighted by atomic mass is 9.72. The summed E-state index contributed by atoms with van der Waals surface area (Å²) in [7, 11) is 0. The van der Waals surface area contributed by atoms with E-state index < -0.39 is 5.41 Å². The molecule has 0 radical (unpaired) electrons. The molecule has 0 saturated heterocycles. The van der Waals surface area contributed by atoms with Gasteiger partial charge in [0.05, 0.1) is 22.4 Å². The molecule has 2 aromatic heterocycles. The van der Waals surface area contributed by atoms with Gasteiger partial charge in [0, 0.05) is 17.3 Å². The van der Waals surface area contributed by atoms with Gasteiger partial charge in [0.15, 0.2) is 0 Å². The third kappa shape index (κ3) is 2.69. The second-order valence-electron chi connectivity index (χ2n) is 10.6. The minimum atomic E-state index is -0.498. The fourth-order valence-corrected chi connectivity index (χ4v) is 6.96. The monoisotopic (exact) mass is 509 g/mol. The zero-order valence-electron chi connectivity index (χ0n) is 21.6. The molecule has 1 aliphatic carbocycles. The van der Waals surface area contributed by atoms with Gasteiger partial charge in [-0.15, -0.1) is 0 Å². The van der Waals surface area contributed by atoms with Crippen molar-refractivity contribution in [1.82, 2.24) is 14.5 Å². The van der Waals surface area contributed by atoms with Gasteiger partial charge in [-0.05, 0) is 63.7 Å². The minimum absolute atomic E-state index is 0.498. The first-order valence-corrected chi connectivity index (χ1v) is 13.7. The van der Waals surface area contributed by atoms with Gasteiger partial charge in [0.1, 0.15) is 11.2 Å². The number of rotatable bonds is 2. The lowest BCUT2D eigenvalue weighted by Crippen LogP contribution is -2.27. The molecule has 1 spiro atoms. The van der Waals surface area contributed by atoms with Crippen LogP contribution in [0, 0.1) is 0 Å². The van der Waals surface area contributed by atoms with Crippen LogP contribution in [0.25, 0.3) is 50.2 Å². The van der Waals surface area contributed by atoms with E-state index in [1.54, 1.807) is 0 Å². The van der Waals surface area contributed by atoms with Crippen molar-refractivity contribution >= 4 is 11.0 Å². The van der Waals surface area contributed by atoms with Crippen molar-refractivity contribution in [2.75, 3.05) is 0 Å². The van der Waals surface area contributed by atoms with Gasteiger partial charge >= 0.3 is 0 Å². The Balaban J connectivity index is 1.31. The maximum atomic E-state index is 5.34. The number of hydrogen-bond acceptors (Lipinski definition) is 2. The standard InChI is InChI=1S/C37H23N3/c1-2-10-24(11-3-1)26-19-21-32(38-23-26)25-18-20-28-27-12-4-5-13-29(27)37(31(28)22-25)30-14-6-8-16-34(30)40-35-17-9-7-15-33(35)39-36(37)40/h1-23H. The average Bonchev–Trinajstić information content (AvgIpc) is 3.65. The van der Waals surface area contributed by atoms with Gasteiger partial charge in [-0.3, -0.25) is 9.55 Å². The average molecular weight is 510 g/mol. The van der Waals surface area contributed by atoms with Crippen LogP contribution in [-0.4, -0.2) is 14.5 Å². The van der Waals surface area contributed by atoms with Crippen LogP contribution in [0.3, 0.4) is 0 Å². The second-order valence-corrected chi connectivity index (χ2v) is 10.6. The molecular formula is C37H23N3. The Labute approximate surface area is 232 Å². The molecule has 3 heteroatoms. The molecule has 0 saturated carbocycles. The Morgan fingerprint density at radius 2 is 1.25 bits per heavy atom. The van der Waals surface area contributed by atoms with Crippen molar-refractivity contribution in [3.05, 3.63) is 162 Å². The third-order valence-electron chi connectivity index (χ3n) is 8.66. The highest BCUT2D eigenvalue weighted by atomic mass is 15.1. The highest BCUT2D eigenvalue weighted by Gasteiger charge is 2.54. The van der Waals surface area contributed by atoms with Crippen LogP contribution in [-0.2, 0) is 5.41 Å². The van der Waals surface area contributed by atoms with Crippen molar-refractivity contribution in [3.8, 4) is 39.2 Å².